The Morgan fingerprint density at radius 1 is 1.23 bits per heavy atom. The maximum Gasteiger partial charge on any atom is 0.378 e. The summed E-state index contributed by atoms with van der Waals surface area (Å²) in [5.41, 5.74) is 2.75. The average molecular weight is 426 g/mol. The summed E-state index contributed by atoms with van der Waals surface area (Å²) in [6.07, 6.45) is 0. The molecule has 0 atom stereocenters. The lowest BCUT2D eigenvalue weighted by Gasteiger charge is -2.04. The Kier molecular flexibility index (Phi) is 5.44. The molecule has 152 valence electrons. The molecule has 0 aliphatic rings. The smallest absolute Gasteiger partial charge is 0.378 e. The lowest BCUT2D eigenvalue weighted by molar-refractivity contribution is -0.808. The van der Waals surface area contributed by atoms with Crippen LogP contribution in [0, 0.1) is 12.1 Å². The molecular weight excluding hydrogens is 410 g/mol. The summed E-state index contributed by atoms with van der Waals surface area (Å²) in [5.74, 6) is -0.517. The molecule has 2 aromatic heterocycles. The lowest BCUT2D eigenvalue weighted by Crippen LogP contribution is -2.29. The van der Waals surface area contributed by atoms with Crippen LogP contribution >= 0.6 is 11.6 Å². The van der Waals surface area contributed by atoms with Gasteiger partial charge in [0.2, 0.25) is 5.69 Å². The van der Waals surface area contributed by atoms with Gasteiger partial charge in [0.25, 0.3) is 11.5 Å². The van der Waals surface area contributed by atoms with Gasteiger partial charge in [-0.2, -0.15) is 0 Å². The minimum atomic E-state index is -0.798. The van der Waals surface area contributed by atoms with Crippen LogP contribution < -0.4 is 4.90 Å². The maximum absolute atomic E-state index is 12.5. The summed E-state index contributed by atoms with van der Waals surface area (Å²) < 4.78 is 11.4. The number of benzene rings is 2. The number of rotatable bonds is 6. The second-order valence-electron chi connectivity index (χ2n) is 6.40. The SMILES string of the molecule is Cc1cccc(-n2nc(C(=O)OCc3c(-c4ccccc4)no[n+]3[O-])nc2CCl)c1. The molecule has 0 aliphatic heterocycles. The first kappa shape index (κ1) is 19.6. The van der Waals surface area contributed by atoms with Gasteiger partial charge in [-0.05, 0) is 29.5 Å². The van der Waals surface area contributed by atoms with Crippen molar-refractivity contribution >= 4 is 17.6 Å². The molecule has 0 radical (unpaired) electrons. The van der Waals surface area contributed by atoms with Gasteiger partial charge < -0.3 is 9.94 Å². The molecule has 4 aromatic rings. The Balaban J connectivity index is 1.56. The zero-order valence-electron chi connectivity index (χ0n) is 15.9. The van der Waals surface area contributed by atoms with E-state index in [-0.39, 0.29) is 34.6 Å². The molecule has 30 heavy (non-hydrogen) atoms. The Labute approximate surface area is 176 Å². The van der Waals surface area contributed by atoms with Gasteiger partial charge in [-0.15, -0.1) is 16.7 Å². The van der Waals surface area contributed by atoms with E-state index in [4.69, 9.17) is 16.3 Å². The van der Waals surface area contributed by atoms with Gasteiger partial charge >= 0.3 is 5.97 Å². The number of hydrogen-bond donors (Lipinski definition) is 0. The highest BCUT2D eigenvalue weighted by Gasteiger charge is 2.24. The third-order valence-electron chi connectivity index (χ3n) is 4.31. The summed E-state index contributed by atoms with van der Waals surface area (Å²) in [7, 11) is 0. The molecule has 2 aromatic carbocycles. The van der Waals surface area contributed by atoms with Crippen molar-refractivity contribution in [1.82, 2.24) is 19.9 Å². The lowest BCUT2D eigenvalue weighted by atomic mass is 10.1. The number of nitrogens with zero attached hydrogens (tertiary/aromatic N) is 5. The van der Waals surface area contributed by atoms with Gasteiger partial charge in [0.1, 0.15) is 5.82 Å². The molecule has 0 saturated carbocycles. The molecule has 4 rings (SSSR count). The third-order valence-corrected chi connectivity index (χ3v) is 4.55. The summed E-state index contributed by atoms with van der Waals surface area (Å²) in [5, 5.41) is 19.9. The van der Waals surface area contributed by atoms with Crippen molar-refractivity contribution in [3.8, 4) is 16.9 Å². The van der Waals surface area contributed by atoms with E-state index in [1.807, 2.05) is 37.3 Å². The number of aromatic nitrogens is 5. The monoisotopic (exact) mass is 425 g/mol. The Bertz CT molecular complexity index is 1190. The first-order valence-electron chi connectivity index (χ1n) is 8.97. The normalized spacial score (nSPS) is 10.9. The maximum atomic E-state index is 12.5. The molecule has 0 spiro atoms. The molecule has 0 fully saturated rings. The first-order chi connectivity index (χ1) is 14.6. The minimum Gasteiger partial charge on any atom is -0.451 e. The van der Waals surface area contributed by atoms with Crippen LogP contribution in [-0.4, -0.2) is 25.9 Å². The number of ether oxygens (including phenoxy) is 1. The largest absolute Gasteiger partial charge is 0.451 e. The van der Waals surface area contributed by atoms with Crippen LogP contribution in [0.25, 0.3) is 16.9 Å². The fraction of sp³-hybridized carbons (Fsp3) is 0.150. The van der Waals surface area contributed by atoms with Crippen LogP contribution in [0.3, 0.4) is 0 Å². The highest BCUT2D eigenvalue weighted by molar-refractivity contribution is 6.16. The van der Waals surface area contributed by atoms with Crippen LogP contribution in [0.4, 0.5) is 0 Å². The Morgan fingerprint density at radius 3 is 2.77 bits per heavy atom. The number of halogens is 1. The number of carbonyl (C=O) groups excluding carboxylic acids is 1. The van der Waals surface area contributed by atoms with Crippen LogP contribution in [-0.2, 0) is 17.2 Å². The van der Waals surface area contributed by atoms with Crippen LogP contribution in [0.2, 0.25) is 0 Å². The molecule has 0 N–H and O–H groups in total. The van der Waals surface area contributed by atoms with Crippen LogP contribution in [0.1, 0.15) is 27.7 Å². The van der Waals surface area contributed by atoms with E-state index in [2.05, 4.69) is 19.9 Å². The van der Waals surface area contributed by atoms with Crippen LogP contribution in [0.5, 0.6) is 0 Å². The quantitative estimate of drug-likeness (QED) is 0.265. The number of alkyl halides is 1. The number of esters is 1. The van der Waals surface area contributed by atoms with Crippen molar-refractivity contribution in [3.63, 3.8) is 0 Å². The highest BCUT2D eigenvalue weighted by atomic mass is 35.5. The molecule has 0 unspecified atom stereocenters. The van der Waals surface area contributed by atoms with E-state index in [0.29, 0.717) is 11.4 Å². The van der Waals surface area contributed by atoms with Crippen molar-refractivity contribution in [1.29, 1.82) is 0 Å². The fourth-order valence-electron chi connectivity index (χ4n) is 2.89. The molecule has 9 nitrogen and oxygen atoms in total. The topological polar surface area (TPSA) is 110 Å². The van der Waals surface area contributed by atoms with E-state index < -0.39 is 5.97 Å². The van der Waals surface area contributed by atoms with Gasteiger partial charge in [0, 0.05) is 10.7 Å². The number of hydrogen-bond acceptors (Lipinski definition) is 7. The molecule has 0 saturated heterocycles. The Morgan fingerprint density at radius 2 is 2.03 bits per heavy atom. The fourth-order valence-corrected chi connectivity index (χ4v) is 3.06. The van der Waals surface area contributed by atoms with Crippen molar-refractivity contribution < 1.29 is 19.1 Å². The molecule has 10 heteroatoms. The van der Waals surface area contributed by atoms with E-state index in [1.165, 1.54) is 4.68 Å². The Hall–Kier alpha value is -3.72. The third kappa shape index (κ3) is 3.87. The van der Waals surface area contributed by atoms with Gasteiger partial charge in [-0.25, -0.2) is 14.5 Å². The predicted octanol–water partition coefficient (Wildman–Crippen LogP) is 2.96. The summed E-state index contributed by atoms with van der Waals surface area (Å²) in [6.45, 7) is 1.59. The second kappa shape index (κ2) is 8.34. The summed E-state index contributed by atoms with van der Waals surface area (Å²) in [4.78, 5) is 16.9. The van der Waals surface area contributed by atoms with Crippen molar-refractivity contribution in [2.75, 3.05) is 0 Å². The van der Waals surface area contributed by atoms with E-state index in [1.54, 1.807) is 24.3 Å². The van der Waals surface area contributed by atoms with Gasteiger partial charge in [-0.1, -0.05) is 42.5 Å². The summed E-state index contributed by atoms with van der Waals surface area (Å²) in [6, 6.07) is 16.5. The van der Waals surface area contributed by atoms with Crippen molar-refractivity contribution in [2.24, 2.45) is 0 Å². The summed E-state index contributed by atoms with van der Waals surface area (Å²) >= 11 is 5.97. The minimum absolute atomic E-state index is 0.0542. The molecule has 0 aliphatic carbocycles. The highest BCUT2D eigenvalue weighted by Crippen LogP contribution is 2.20. The second-order valence-corrected chi connectivity index (χ2v) is 6.67. The molecule has 0 bridgehead atoms. The van der Waals surface area contributed by atoms with Gasteiger partial charge in [0.05, 0.1) is 11.6 Å². The van der Waals surface area contributed by atoms with Gasteiger partial charge in [0.15, 0.2) is 6.61 Å². The zero-order valence-corrected chi connectivity index (χ0v) is 16.6. The van der Waals surface area contributed by atoms with Crippen molar-refractivity contribution in [2.45, 2.75) is 19.4 Å². The number of aryl methyl sites for hydroxylation is 1. The first-order valence-corrected chi connectivity index (χ1v) is 9.50. The zero-order chi connectivity index (χ0) is 21.1. The molecular formula is C20H16ClN5O4. The van der Waals surface area contributed by atoms with E-state index in [0.717, 1.165) is 11.3 Å². The van der Waals surface area contributed by atoms with Gasteiger partial charge in [-0.3, -0.25) is 4.63 Å². The number of carbonyl (C=O) groups is 1. The predicted molar refractivity (Wildman–Crippen MR) is 106 cm³/mol. The van der Waals surface area contributed by atoms with Crippen molar-refractivity contribution in [3.05, 3.63) is 82.7 Å². The average Bonchev–Trinajstić information content (AvgIpc) is 3.36. The van der Waals surface area contributed by atoms with Crippen LogP contribution in [0.15, 0.2) is 59.2 Å². The standard InChI is InChI=1S/C20H16ClN5O4/c1-13-6-5-9-15(10-13)25-17(11-21)22-19(23-25)20(27)29-12-16-18(24-30-26(16)28)14-7-3-2-4-8-14/h2-10H,11-12H2,1H3. The van der Waals surface area contributed by atoms with E-state index >= 15 is 0 Å². The van der Waals surface area contributed by atoms with E-state index in [9.17, 15) is 10.0 Å². The molecule has 0 amide bonds. The molecule has 2 heterocycles.